The van der Waals surface area contributed by atoms with Gasteiger partial charge < -0.3 is 10.6 Å². The lowest BCUT2D eigenvalue weighted by atomic mass is 10.1. The zero-order valence-corrected chi connectivity index (χ0v) is 7.77. The van der Waals surface area contributed by atoms with Crippen molar-refractivity contribution in [2.45, 2.75) is 6.04 Å². The quantitative estimate of drug-likeness (QED) is 0.704. The van der Waals surface area contributed by atoms with E-state index in [1.807, 2.05) is 0 Å². The van der Waals surface area contributed by atoms with Gasteiger partial charge in [-0.05, 0) is 11.6 Å². The summed E-state index contributed by atoms with van der Waals surface area (Å²) < 4.78 is 0. The van der Waals surface area contributed by atoms with E-state index in [9.17, 15) is 4.79 Å². The maximum atomic E-state index is 11.4. The molecule has 1 amide bonds. The van der Waals surface area contributed by atoms with Crippen molar-refractivity contribution in [3.63, 3.8) is 0 Å². The van der Waals surface area contributed by atoms with Crippen LogP contribution < -0.4 is 5.73 Å². The van der Waals surface area contributed by atoms with Gasteiger partial charge in [-0.15, -0.1) is 0 Å². The first kappa shape index (κ1) is 9.67. The summed E-state index contributed by atoms with van der Waals surface area (Å²) in [7, 11) is 3.36. The smallest absolute Gasteiger partial charge is 0.243 e. The molecule has 1 rings (SSSR count). The highest BCUT2D eigenvalue weighted by molar-refractivity contribution is 5.82. The molecule has 13 heavy (non-hydrogen) atoms. The number of rotatable bonds is 2. The number of carbonyl (C=O) groups is 1. The predicted molar refractivity (Wildman–Crippen MR) is 49.9 cm³/mol. The number of amides is 1. The minimum atomic E-state index is -0.608. The monoisotopic (exact) mass is 179 g/mol. The van der Waals surface area contributed by atoms with Crippen LogP contribution in [0.3, 0.4) is 0 Å². The predicted octanol–water partition coefficient (Wildman–Crippen LogP) is 0.170. The van der Waals surface area contributed by atoms with Crippen molar-refractivity contribution in [3.05, 3.63) is 30.1 Å². The Hall–Kier alpha value is -1.42. The molecule has 0 aromatic carbocycles. The second-order valence-electron chi connectivity index (χ2n) is 3.00. The summed E-state index contributed by atoms with van der Waals surface area (Å²) in [5, 5.41) is 0. The van der Waals surface area contributed by atoms with Gasteiger partial charge in [0.25, 0.3) is 0 Å². The molecular formula is C9H13N3O. The second-order valence-corrected chi connectivity index (χ2v) is 3.00. The summed E-state index contributed by atoms with van der Waals surface area (Å²) in [6, 6.07) is 2.95. The van der Waals surface area contributed by atoms with Gasteiger partial charge in [0.1, 0.15) is 6.04 Å². The van der Waals surface area contributed by atoms with Crippen LogP contribution in [0.15, 0.2) is 24.5 Å². The number of pyridine rings is 1. The van der Waals surface area contributed by atoms with Gasteiger partial charge in [-0.2, -0.15) is 0 Å². The van der Waals surface area contributed by atoms with Gasteiger partial charge in [0.05, 0.1) is 0 Å². The van der Waals surface area contributed by atoms with E-state index in [1.165, 1.54) is 4.90 Å². The Bertz CT molecular complexity index is 284. The Morgan fingerprint density at radius 2 is 2.31 bits per heavy atom. The summed E-state index contributed by atoms with van der Waals surface area (Å²) in [6.07, 6.45) is 3.25. The molecule has 70 valence electrons. The highest BCUT2D eigenvalue weighted by Gasteiger charge is 2.16. The standard InChI is InChI=1S/C9H13N3O/c1-12(2)9(13)8(10)7-4-3-5-11-6-7/h3-6,8H,10H2,1-2H3. The van der Waals surface area contributed by atoms with Crippen LogP contribution in [0.25, 0.3) is 0 Å². The second kappa shape index (κ2) is 4.00. The SMILES string of the molecule is CN(C)C(=O)C(N)c1cccnc1. The van der Waals surface area contributed by atoms with E-state index >= 15 is 0 Å². The Morgan fingerprint density at radius 1 is 1.62 bits per heavy atom. The molecule has 1 aromatic heterocycles. The largest absolute Gasteiger partial charge is 0.347 e. The molecule has 0 aliphatic rings. The minimum Gasteiger partial charge on any atom is -0.347 e. The zero-order chi connectivity index (χ0) is 9.84. The van der Waals surface area contributed by atoms with E-state index in [4.69, 9.17) is 5.73 Å². The molecule has 0 saturated heterocycles. The zero-order valence-electron chi connectivity index (χ0n) is 7.77. The van der Waals surface area contributed by atoms with Crippen LogP contribution in [0, 0.1) is 0 Å². The Balaban J connectivity index is 2.80. The van der Waals surface area contributed by atoms with Gasteiger partial charge in [0, 0.05) is 26.5 Å². The van der Waals surface area contributed by atoms with Gasteiger partial charge in [-0.1, -0.05) is 6.07 Å². The molecule has 4 heteroatoms. The van der Waals surface area contributed by atoms with Crippen molar-refractivity contribution in [2.24, 2.45) is 5.73 Å². The van der Waals surface area contributed by atoms with Crippen molar-refractivity contribution < 1.29 is 4.79 Å². The van der Waals surface area contributed by atoms with Crippen LogP contribution in [0.5, 0.6) is 0 Å². The molecule has 2 N–H and O–H groups in total. The van der Waals surface area contributed by atoms with Gasteiger partial charge in [0.15, 0.2) is 0 Å². The lowest BCUT2D eigenvalue weighted by molar-refractivity contribution is -0.130. The fourth-order valence-electron chi connectivity index (χ4n) is 0.981. The summed E-state index contributed by atoms with van der Waals surface area (Å²) in [4.78, 5) is 16.8. The van der Waals surface area contributed by atoms with Gasteiger partial charge in [-0.3, -0.25) is 9.78 Å². The maximum absolute atomic E-state index is 11.4. The molecule has 0 saturated carbocycles. The molecule has 0 fully saturated rings. The Kier molecular flexibility index (Phi) is 2.97. The summed E-state index contributed by atoms with van der Waals surface area (Å²) in [6.45, 7) is 0. The molecular weight excluding hydrogens is 166 g/mol. The molecule has 4 nitrogen and oxygen atoms in total. The average Bonchev–Trinajstić information content (AvgIpc) is 2.17. The number of aromatic nitrogens is 1. The highest BCUT2D eigenvalue weighted by atomic mass is 16.2. The Morgan fingerprint density at radius 3 is 2.77 bits per heavy atom. The molecule has 0 spiro atoms. The van der Waals surface area contributed by atoms with Crippen molar-refractivity contribution in [2.75, 3.05) is 14.1 Å². The average molecular weight is 179 g/mol. The van der Waals surface area contributed by atoms with E-state index in [0.717, 1.165) is 5.56 Å². The molecule has 0 aliphatic heterocycles. The molecule has 1 aromatic rings. The van der Waals surface area contributed by atoms with Crippen molar-refractivity contribution in [3.8, 4) is 0 Å². The van der Waals surface area contributed by atoms with E-state index in [-0.39, 0.29) is 5.91 Å². The third-order valence-electron chi connectivity index (χ3n) is 1.75. The first-order chi connectivity index (χ1) is 6.13. The number of nitrogens with zero attached hydrogens (tertiary/aromatic N) is 2. The van der Waals surface area contributed by atoms with E-state index < -0.39 is 6.04 Å². The number of nitrogens with two attached hydrogens (primary N) is 1. The summed E-state index contributed by atoms with van der Waals surface area (Å²) >= 11 is 0. The van der Waals surface area contributed by atoms with Crippen LogP contribution in [0.1, 0.15) is 11.6 Å². The molecule has 1 heterocycles. The van der Waals surface area contributed by atoms with Crippen molar-refractivity contribution >= 4 is 5.91 Å². The van der Waals surface area contributed by atoms with E-state index in [0.29, 0.717) is 0 Å². The van der Waals surface area contributed by atoms with Crippen LogP contribution in [0.2, 0.25) is 0 Å². The van der Waals surface area contributed by atoms with Crippen LogP contribution in [0.4, 0.5) is 0 Å². The molecule has 1 unspecified atom stereocenters. The third-order valence-corrected chi connectivity index (χ3v) is 1.75. The minimum absolute atomic E-state index is 0.118. The first-order valence-electron chi connectivity index (χ1n) is 3.99. The summed E-state index contributed by atoms with van der Waals surface area (Å²) in [5.74, 6) is -0.118. The lowest BCUT2D eigenvalue weighted by Crippen LogP contribution is -2.33. The topological polar surface area (TPSA) is 59.2 Å². The molecule has 1 atom stereocenters. The van der Waals surface area contributed by atoms with Crippen LogP contribution >= 0.6 is 0 Å². The number of hydrogen-bond acceptors (Lipinski definition) is 3. The van der Waals surface area contributed by atoms with Gasteiger partial charge >= 0.3 is 0 Å². The maximum Gasteiger partial charge on any atom is 0.243 e. The van der Waals surface area contributed by atoms with E-state index in [1.54, 1.807) is 38.6 Å². The fourth-order valence-corrected chi connectivity index (χ4v) is 0.981. The van der Waals surface area contributed by atoms with Crippen molar-refractivity contribution in [1.29, 1.82) is 0 Å². The van der Waals surface area contributed by atoms with E-state index in [2.05, 4.69) is 4.98 Å². The summed E-state index contributed by atoms with van der Waals surface area (Å²) in [5.41, 5.74) is 6.45. The van der Waals surface area contributed by atoms with Crippen LogP contribution in [-0.2, 0) is 4.79 Å². The van der Waals surface area contributed by atoms with Gasteiger partial charge in [0.2, 0.25) is 5.91 Å². The molecule has 0 bridgehead atoms. The van der Waals surface area contributed by atoms with Crippen molar-refractivity contribution in [1.82, 2.24) is 9.88 Å². The fraction of sp³-hybridized carbons (Fsp3) is 0.333. The number of likely N-dealkylation sites (N-methyl/N-ethyl adjacent to an activating group) is 1. The third kappa shape index (κ3) is 2.26. The van der Waals surface area contributed by atoms with Gasteiger partial charge in [-0.25, -0.2) is 0 Å². The van der Waals surface area contributed by atoms with Crippen LogP contribution in [-0.4, -0.2) is 29.9 Å². The normalized spacial score (nSPS) is 12.2. The Labute approximate surface area is 77.4 Å². The highest BCUT2D eigenvalue weighted by Crippen LogP contribution is 2.09. The number of hydrogen-bond donors (Lipinski definition) is 1. The molecule has 0 radical (unpaired) electrons. The first-order valence-corrected chi connectivity index (χ1v) is 3.99. The molecule has 0 aliphatic carbocycles. The number of carbonyl (C=O) groups excluding carboxylic acids is 1. The lowest BCUT2D eigenvalue weighted by Gasteiger charge is -2.16.